The predicted octanol–water partition coefficient (Wildman–Crippen LogP) is 2.49. The van der Waals surface area contributed by atoms with Crippen LogP contribution in [0.4, 0.5) is 5.69 Å². The van der Waals surface area contributed by atoms with Crippen molar-refractivity contribution in [3.63, 3.8) is 0 Å². The van der Waals surface area contributed by atoms with E-state index < -0.39 is 0 Å². The number of benzene rings is 1. The molecule has 5 nitrogen and oxygen atoms in total. The molecular weight excluding hydrogens is 266 g/mol. The van der Waals surface area contributed by atoms with E-state index in [0.29, 0.717) is 6.04 Å². The van der Waals surface area contributed by atoms with Crippen molar-refractivity contribution in [1.29, 1.82) is 5.26 Å². The normalized spacial score (nSPS) is 20.4. The summed E-state index contributed by atoms with van der Waals surface area (Å²) in [7, 11) is 3.30. The number of methoxy groups -OCH3 is 2. The molecule has 1 fully saturated rings. The van der Waals surface area contributed by atoms with Crippen molar-refractivity contribution in [2.75, 3.05) is 32.6 Å². The number of ether oxygens (including phenoxy) is 2. The van der Waals surface area contributed by atoms with Gasteiger partial charge in [-0.05, 0) is 26.3 Å². The molecule has 21 heavy (non-hydrogen) atoms. The van der Waals surface area contributed by atoms with Crippen molar-refractivity contribution in [3.05, 3.63) is 18.2 Å². The summed E-state index contributed by atoms with van der Waals surface area (Å²) in [5, 5.41) is 12.6. The van der Waals surface area contributed by atoms with Crippen LogP contribution in [0.2, 0.25) is 0 Å². The molecule has 0 radical (unpaired) electrons. The van der Waals surface area contributed by atoms with Crippen molar-refractivity contribution in [2.45, 2.75) is 31.8 Å². The lowest BCUT2D eigenvalue weighted by Crippen LogP contribution is -2.45. The maximum atomic E-state index is 9.05. The monoisotopic (exact) mass is 289 g/mol. The topological polar surface area (TPSA) is 57.5 Å². The SMILES string of the molecule is COc1cc(N[C@H]2CCCN([C@H](C)C#N)C2)cc(OC)c1. The third kappa shape index (κ3) is 4.02. The van der Waals surface area contributed by atoms with E-state index in [2.05, 4.69) is 16.3 Å². The van der Waals surface area contributed by atoms with Gasteiger partial charge in [-0.25, -0.2) is 0 Å². The molecule has 1 saturated heterocycles. The first-order valence-corrected chi connectivity index (χ1v) is 7.29. The van der Waals surface area contributed by atoms with E-state index >= 15 is 0 Å². The molecule has 1 aliphatic rings. The number of hydrogen-bond acceptors (Lipinski definition) is 5. The lowest BCUT2D eigenvalue weighted by atomic mass is 10.0. The van der Waals surface area contributed by atoms with Crippen LogP contribution in [0.15, 0.2) is 18.2 Å². The predicted molar refractivity (Wildman–Crippen MR) is 82.8 cm³/mol. The Balaban J connectivity index is 2.05. The Bertz CT molecular complexity index is 490. The van der Waals surface area contributed by atoms with Crippen LogP contribution < -0.4 is 14.8 Å². The zero-order chi connectivity index (χ0) is 15.2. The summed E-state index contributed by atoms with van der Waals surface area (Å²) in [6, 6.07) is 8.41. The molecule has 0 bridgehead atoms. The molecule has 0 unspecified atom stereocenters. The quantitative estimate of drug-likeness (QED) is 0.902. The van der Waals surface area contributed by atoms with Crippen LogP contribution >= 0.6 is 0 Å². The van der Waals surface area contributed by atoms with Crippen LogP contribution in [0.3, 0.4) is 0 Å². The molecule has 0 saturated carbocycles. The van der Waals surface area contributed by atoms with Gasteiger partial charge in [0.15, 0.2) is 0 Å². The highest BCUT2D eigenvalue weighted by Gasteiger charge is 2.23. The molecule has 1 aliphatic heterocycles. The molecular formula is C16H23N3O2. The van der Waals surface area contributed by atoms with Crippen molar-refractivity contribution >= 4 is 5.69 Å². The van der Waals surface area contributed by atoms with Crippen LogP contribution in [0.1, 0.15) is 19.8 Å². The Morgan fingerprint density at radius 3 is 2.52 bits per heavy atom. The standard InChI is InChI=1S/C16H23N3O2/c1-12(10-17)19-6-4-5-13(11-19)18-14-7-15(20-2)9-16(8-14)21-3/h7-9,12-13,18H,4-6,11H2,1-3H3/t12-,13+/m1/s1. The Kier molecular flexibility index (Phi) is 5.29. The van der Waals surface area contributed by atoms with E-state index in [4.69, 9.17) is 14.7 Å². The number of rotatable bonds is 5. The van der Waals surface area contributed by atoms with Gasteiger partial charge in [-0.3, -0.25) is 4.90 Å². The second-order valence-corrected chi connectivity index (χ2v) is 5.38. The smallest absolute Gasteiger partial charge is 0.124 e. The largest absolute Gasteiger partial charge is 0.497 e. The third-order valence-electron chi connectivity index (χ3n) is 3.91. The Labute approximate surface area is 126 Å². The van der Waals surface area contributed by atoms with Gasteiger partial charge in [0.2, 0.25) is 0 Å². The molecule has 114 valence electrons. The van der Waals surface area contributed by atoms with Gasteiger partial charge in [-0.2, -0.15) is 5.26 Å². The fourth-order valence-electron chi connectivity index (χ4n) is 2.68. The molecule has 1 aromatic rings. The minimum absolute atomic E-state index is 0.0329. The highest BCUT2D eigenvalue weighted by molar-refractivity contribution is 5.54. The van der Waals surface area contributed by atoms with E-state index in [-0.39, 0.29) is 6.04 Å². The molecule has 1 aromatic carbocycles. The third-order valence-corrected chi connectivity index (χ3v) is 3.91. The van der Waals surface area contributed by atoms with E-state index in [1.165, 1.54) is 0 Å². The van der Waals surface area contributed by atoms with Gasteiger partial charge in [0.1, 0.15) is 11.5 Å². The molecule has 2 rings (SSSR count). The minimum atomic E-state index is -0.0329. The molecule has 0 aromatic heterocycles. The maximum absolute atomic E-state index is 9.05. The molecule has 1 heterocycles. The van der Waals surface area contributed by atoms with E-state index in [9.17, 15) is 0 Å². The van der Waals surface area contributed by atoms with Gasteiger partial charge < -0.3 is 14.8 Å². The number of piperidine rings is 1. The van der Waals surface area contributed by atoms with Crippen LogP contribution in [-0.4, -0.2) is 44.3 Å². The first kappa shape index (κ1) is 15.5. The summed E-state index contributed by atoms with van der Waals surface area (Å²) >= 11 is 0. The van der Waals surface area contributed by atoms with E-state index in [1.807, 2.05) is 25.1 Å². The summed E-state index contributed by atoms with van der Waals surface area (Å²) in [4.78, 5) is 2.22. The zero-order valence-electron chi connectivity index (χ0n) is 12.9. The molecule has 0 amide bonds. The zero-order valence-corrected chi connectivity index (χ0v) is 12.9. The highest BCUT2D eigenvalue weighted by Crippen LogP contribution is 2.27. The molecule has 1 N–H and O–H groups in total. The van der Waals surface area contributed by atoms with E-state index in [0.717, 1.165) is 43.1 Å². The molecule has 5 heteroatoms. The van der Waals surface area contributed by atoms with Gasteiger partial charge in [0.25, 0.3) is 0 Å². The molecule has 2 atom stereocenters. The average Bonchev–Trinajstić information content (AvgIpc) is 2.53. The Hall–Kier alpha value is -1.93. The number of hydrogen-bond donors (Lipinski definition) is 1. The number of nitrogens with one attached hydrogen (secondary N) is 1. The van der Waals surface area contributed by atoms with Crippen molar-refractivity contribution < 1.29 is 9.47 Å². The Morgan fingerprint density at radius 2 is 1.95 bits per heavy atom. The minimum Gasteiger partial charge on any atom is -0.497 e. The van der Waals surface area contributed by atoms with Gasteiger partial charge in [0.05, 0.1) is 26.3 Å². The van der Waals surface area contributed by atoms with Crippen molar-refractivity contribution in [3.8, 4) is 17.6 Å². The van der Waals surface area contributed by atoms with Crippen molar-refractivity contribution in [2.24, 2.45) is 0 Å². The summed E-state index contributed by atoms with van der Waals surface area (Å²) in [6.45, 7) is 3.83. The summed E-state index contributed by atoms with van der Waals surface area (Å²) in [5.41, 5.74) is 0.989. The number of nitrogens with zero attached hydrogens (tertiary/aromatic N) is 2. The summed E-state index contributed by atoms with van der Waals surface area (Å²) < 4.78 is 10.6. The number of likely N-dealkylation sites (tertiary alicyclic amines) is 1. The van der Waals surface area contributed by atoms with Gasteiger partial charge in [-0.15, -0.1) is 0 Å². The Morgan fingerprint density at radius 1 is 1.29 bits per heavy atom. The van der Waals surface area contributed by atoms with Gasteiger partial charge in [0, 0.05) is 36.5 Å². The fourth-order valence-corrected chi connectivity index (χ4v) is 2.68. The average molecular weight is 289 g/mol. The van der Waals surface area contributed by atoms with Crippen LogP contribution in [0.5, 0.6) is 11.5 Å². The summed E-state index contributed by atoms with van der Waals surface area (Å²) in [6.07, 6.45) is 2.21. The highest BCUT2D eigenvalue weighted by atomic mass is 16.5. The first-order valence-electron chi connectivity index (χ1n) is 7.29. The molecule has 0 aliphatic carbocycles. The van der Waals surface area contributed by atoms with Gasteiger partial charge in [-0.1, -0.05) is 0 Å². The van der Waals surface area contributed by atoms with Crippen LogP contribution in [0.25, 0.3) is 0 Å². The first-order chi connectivity index (χ1) is 10.2. The number of anilines is 1. The fraction of sp³-hybridized carbons (Fsp3) is 0.562. The second-order valence-electron chi connectivity index (χ2n) is 5.38. The number of nitriles is 1. The van der Waals surface area contributed by atoms with Crippen LogP contribution in [0, 0.1) is 11.3 Å². The van der Waals surface area contributed by atoms with Crippen LogP contribution in [-0.2, 0) is 0 Å². The lowest BCUT2D eigenvalue weighted by molar-refractivity contribution is 0.193. The van der Waals surface area contributed by atoms with Gasteiger partial charge >= 0.3 is 0 Å². The lowest BCUT2D eigenvalue weighted by Gasteiger charge is -2.35. The summed E-state index contributed by atoms with van der Waals surface area (Å²) in [5.74, 6) is 1.55. The van der Waals surface area contributed by atoms with Crippen molar-refractivity contribution in [1.82, 2.24) is 4.90 Å². The molecule has 0 spiro atoms. The second kappa shape index (κ2) is 7.19. The maximum Gasteiger partial charge on any atom is 0.124 e. The van der Waals surface area contributed by atoms with E-state index in [1.54, 1.807) is 14.2 Å².